The lowest BCUT2D eigenvalue weighted by Crippen LogP contribution is -2.38. The number of aliphatic carboxylic acids is 2. The zero-order chi connectivity index (χ0) is 28.9. The maximum absolute atomic E-state index is 11.6. The van der Waals surface area contributed by atoms with Crippen LogP contribution in [0.2, 0.25) is 0 Å². The van der Waals surface area contributed by atoms with Crippen molar-refractivity contribution in [1.82, 2.24) is 4.90 Å². The fourth-order valence-corrected chi connectivity index (χ4v) is 6.11. The summed E-state index contributed by atoms with van der Waals surface area (Å²) in [5, 5.41) is 14.8. The Bertz CT molecular complexity index is 1080. The number of carboxylic acid groups (broad SMARTS) is 2. The van der Waals surface area contributed by atoms with Gasteiger partial charge in [0.15, 0.2) is 17.3 Å². The number of likely N-dealkylation sites (tertiary alicyclic amines) is 1. The van der Waals surface area contributed by atoms with Crippen molar-refractivity contribution in [2.24, 2.45) is 11.8 Å². The predicted octanol–water partition coefficient (Wildman–Crippen LogP) is 5.07. The van der Waals surface area contributed by atoms with E-state index in [4.69, 9.17) is 29.3 Å². The minimum absolute atomic E-state index is 0. The summed E-state index contributed by atoms with van der Waals surface area (Å²) in [5.74, 6) is 0.133. The molecule has 9 heteroatoms. The smallest absolute Gasteiger partial charge is 0.414 e. The first-order valence-corrected chi connectivity index (χ1v) is 14.4. The highest BCUT2D eigenvalue weighted by molar-refractivity contribution is 6.27. The van der Waals surface area contributed by atoms with Crippen LogP contribution in [0.5, 0.6) is 11.5 Å². The summed E-state index contributed by atoms with van der Waals surface area (Å²) in [6, 6.07) is 16.8. The number of nitrogens with zero attached hydrogens (tertiary/aromatic N) is 1. The van der Waals surface area contributed by atoms with Gasteiger partial charge in [-0.25, -0.2) is 9.59 Å². The van der Waals surface area contributed by atoms with Gasteiger partial charge in [0.25, 0.3) is 0 Å². The average molecular weight is 572 g/mol. The van der Waals surface area contributed by atoms with Gasteiger partial charge in [0.1, 0.15) is 0 Å². The van der Waals surface area contributed by atoms with Crippen LogP contribution in [-0.2, 0) is 9.59 Å². The van der Waals surface area contributed by atoms with Crippen LogP contribution in [0.25, 0.3) is 0 Å². The Morgan fingerprint density at radius 3 is 2.05 bits per heavy atom. The number of methoxy groups -OCH3 is 1. The third kappa shape index (κ3) is 10.5. The Morgan fingerprint density at radius 2 is 1.49 bits per heavy atom. The van der Waals surface area contributed by atoms with E-state index in [2.05, 4.69) is 35.2 Å². The second kappa shape index (κ2) is 17.4. The van der Waals surface area contributed by atoms with Gasteiger partial charge in [0.05, 0.1) is 13.7 Å². The molecule has 1 aliphatic heterocycles. The molecule has 1 saturated heterocycles. The second-order valence-electron chi connectivity index (χ2n) is 10.7. The first-order valence-electron chi connectivity index (χ1n) is 14.4. The van der Waals surface area contributed by atoms with E-state index in [1.165, 1.54) is 58.0 Å². The third-order valence-electron chi connectivity index (χ3n) is 8.11. The van der Waals surface area contributed by atoms with Crippen molar-refractivity contribution in [3.8, 4) is 11.5 Å². The molecule has 4 N–H and O–H groups in total. The Balaban J connectivity index is 0.000000760. The van der Waals surface area contributed by atoms with Crippen molar-refractivity contribution in [1.29, 1.82) is 0 Å². The molecule has 4 rings (SSSR count). The van der Waals surface area contributed by atoms with E-state index in [0.717, 1.165) is 30.7 Å². The summed E-state index contributed by atoms with van der Waals surface area (Å²) < 4.78 is 11.4. The van der Waals surface area contributed by atoms with Crippen molar-refractivity contribution in [3.63, 3.8) is 0 Å². The van der Waals surface area contributed by atoms with Gasteiger partial charge in [0.2, 0.25) is 0 Å². The SMILES string of the molecule is COc1cc(C(C)=O)ccc1OCCCN1CCC(C(c2ccccc2)C2CCCCC2)CC1.O.O=C(O)C(=O)O. The molecule has 2 aromatic rings. The molecule has 2 fully saturated rings. The fourth-order valence-electron chi connectivity index (χ4n) is 6.11. The molecular formula is C32H45NO8. The lowest BCUT2D eigenvalue weighted by atomic mass is 9.68. The highest BCUT2D eigenvalue weighted by Gasteiger charge is 2.33. The summed E-state index contributed by atoms with van der Waals surface area (Å²) in [4.78, 5) is 32.4. The van der Waals surface area contributed by atoms with E-state index in [-0.39, 0.29) is 11.3 Å². The van der Waals surface area contributed by atoms with Gasteiger partial charge in [-0.1, -0.05) is 49.6 Å². The Morgan fingerprint density at radius 1 is 0.878 bits per heavy atom. The normalized spacial score (nSPS) is 16.8. The molecule has 1 atom stereocenters. The molecular weight excluding hydrogens is 526 g/mol. The molecule has 0 spiro atoms. The van der Waals surface area contributed by atoms with Crippen LogP contribution in [0.4, 0.5) is 0 Å². The van der Waals surface area contributed by atoms with Crippen molar-refractivity contribution in [3.05, 3.63) is 59.7 Å². The topological polar surface area (TPSA) is 145 Å². The minimum Gasteiger partial charge on any atom is -0.493 e. The zero-order valence-corrected chi connectivity index (χ0v) is 24.2. The van der Waals surface area contributed by atoms with Crippen molar-refractivity contribution in [2.45, 2.75) is 64.2 Å². The van der Waals surface area contributed by atoms with Crippen LogP contribution in [0, 0.1) is 11.8 Å². The van der Waals surface area contributed by atoms with Gasteiger partial charge in [-0.2, -0.15) is 0 Å². The second-order valence-corrected chi connectivity index (χ2v) is 10.7. The van der Waals surface area contributed by atoms with E-state index >= 15 is 0 Å². The number of carboxylic acids is 2. The molecule has 9 nitrogen and oxygen atoms in total. The van der Waals surface area contributed by atoms with Gasteiger partial charge < -0.3 is 30.1 Å². The van der Waals surface area contributed by atoms with Gasteiger partial charge in [0, 0.05) is 12.1 Å². The third-order valence-corrected chi connectivity index (χ3v) is 8.11. The highest BCUT2D eigenvalue weighted by atomic mass is 16.5. The van der Waals surface area contributed by atoms with Gasteiger partial charge in [-0.3, -0.25) is 4.79 Å². The number of ketones is 1. The summed E-state index contributed by atoms with van der Waals surface area (Å²) in [7, 11) is 1.62. The summed E-state index contributed by atoms with van der Waals surface area (Å²) in [6.07, 6.45) is 10.7. The highest BCUT2D eigenvalue weighted by Crippen LogP contribution is 2.44. The minimum atomic E-state index is -1.82. The average Bonchev–Trinajstić information content (AvgIpc) is 2.97. The summed E-state index contributed by atoms with van der Waals surface area (Å²) >= 11 is 0. The Labute approximate surface area is 242 Å². The van der Waals surface area contributed by atoms with Crippen molar-refractivity contribution < 1.29 is 39.5 Å². The van der Waals surface area contributed by atoms with Crippen molar-refractivity contribution >= 4 is 17.7 Å². The molecule has 1 saturated carbocycles. The monoisotopic (exact) mass is 571 g/mol. The molecule has 1 unspecified atom stereocenters. The van der Waals surface area contributed by atoms with Crippen LogP contribution >= 0.6 is 0 Å². The first kappa shape index (κ1) is 33.8. The van der Waals surface area contributed by atoms with Crippen LogP contribution in [0.15, 0.2) is 48.5 Å². The predicted molar refractivity (Wildman–Crippen MR) is 157 cm³/mol. The van der Waals surface area contributed by atoms with Gasteiger partial charge in [-0.05, 0) is 93.6 Å². The molecule has 0 bridgehead atoms. The summed E-state index contributed by atoms with van der Waals surface area (Å²) in [6.45, 7) is 5.68. The van der Waals surface area contributed by atoms with E-state index in [1.807, 2.05) is 6.07 Å². The number of hydrogen-bond acceptors (Lipinski definition) is 6. The molecule has 0 aromatic heterocycles. The largest absolute Gasteiger partial charge is 0.493 e. The lowest BCUT2D eigenvalue weighted by molar-refractivity contribution is -0.159. The Hall–Kier alpha value is -3.43. The van der Waals surface area contributed by atoms with Crippen LogP contribution in [0.3, 0.4) is 0 Å². The van der Waals surface area contributed by atoms with E-state index in [9.17, 15) is 4.79 Å². The first-order chi connectivity index (χ1) is 19.3. The van der Waals surface area contributed by atoms with Crippen molar-refractivity contribution in [2.75, 3.05) is 33.4 Å². The molecule has 0 amide bonds. The number of carbonyl (C=O) groups is 3. The van der Waals surface area contributed by atoms with Gasteiger partial charge in [-0.15, -0.1) is 0 Å². The quantitative estimate of drug-likeness (QED) is 0.228. The lowest BCUT2D eigenvalue weighted by Gasteiger charge is -2.41. The molecule has 2 aliphatic rings. The number of piperidine rings is 1. The molecule has 226 valence electrons. The maximum atomic E-state index is 11.6. The van der Waals surface area contributed by atoms with Crippen LogP contribution in [-0.4, -0.2) is 71.7 Å². The number of rotatable bonds is 10. The molecule has 41 heavy (non-hydrogen) atoms. The number of hydrogen-bond donors (Lipinski definition) is 2. The molecule has 1 aliphatic carbocycles. The number of Topliss-reactive ketones (excluding diaryl/α,β-unsaturated/α-hetero) is 1. The summed E-state index contributed by atoms with van der Waals surface area (Å²) in [5.41, 5.74) is 2.22. The van der Waals surface area contributed by atoms with E-state index in [0.29, 0.717) is 23.7 Å². The number of benzene rings is 2. The van der Waals surface area contributed by atoms with E-state index in [1.54, 1.807) is 31.7 Å². The standard InChI is InChI=1S/C30H41NO3.C2H2O4.H2O/c1-23(32)27-14-15-28(29(22-27)33-2)34-21-9-18-31-19-16-26(17-20-31)30(24-10-5-3-6-11-24)25-12-7-4-8-13-25;3-1(4)2(5)6;/h3,5-6,10-11,14-15,22,25-26,30H,4,7-9,12-13,16-21H2,1-2H3;(H,3,4)(H,5,6);1H2. The molecule has 2 aromatic carbocycles. The zero-order valence-electron chi connectivity index (χ0n) is 24.2. The number of carbonyl (C=O) groups excluding carboxylic acids is 1. The molecule has 0 radical (unpaired) electrons. The fraction of sp³-hybridized carbons (Fsp3) is 0.531. The van der Waals surface area contributed by atoms with Crippen LogP contribution in [0.1, 0.15) is 80.1 Å². The number of ether oxygens (including phenoxy) is 2. The van der Waals surface area contributed by atoms with Crippen LogP contribution < -0.4 is 9.47 Å². The van der Waals surface area contributed by atoms with Gasteiger partial charge >= 0.3 is 11.9 Å². The Kier molecular flexibility index (Phi) is 14.3. The maximum Gasteiger partial charge on any atom is 0.414 e. The molecule has 1 heterocycles. The van der Waals surface area contributed by atoms with E-state index < -0.39 is 11.9 Å².